The second-order valence-corrected chi connectivity index (χ2v) is 23.3. The molecule has 0 radical (unpaired) electrons. The summed E-state index contributed by atoms with van der Waals surface area (Å²) in [6.07, 6.45) is -8.81. The number of aliphatic hydroxyl groups is 4. The average molecular weight is 1200 g/mol. The normalized spacial score (nSPS) is 23.7. The lowest BCUT2D eigenvalue weighted by Crippen LogP contribution is -2.48. The van der Waals surface area contributed by atoms with Crippen molar-refractivity contribution in [2.45, 2.75) is 97.0 Å². The van der Waals surface area contributed by atoms with Crippen LogP contribution in [-0.4, -0.2) is 163 Å². The molecule has 0 bridgehead atoms. The highest BCUT2D eigenvalue weighted by molar-refractivity contribution is 7.66. The van der Waals surface area contributed by atoms with E-state index in [4.69, 9.17) is 20.9 Å². The predicted molar refractivity (Wildman–Crippen MR) is 292 cm³/mol. The molecule has 0 spiro atoms. The maximum atomic E-state index is 13.1. The standard InChI is InChI=1S/C36H39N10O18P3.2C6H15N/c1-44-22(9-7-15-6-8-19-17(10-15)11-16-4-2-3-5-18(16)19)46(30-24(44)32(52)43-36(38)41-30)34-28(50)26(48)21(62-34)13-60-66(55,56)64-67(57,58)63-65(53,54)59-12-20-25(47)27(49)33(61-20)45-14-39-23-29(45)40-35(37)42-31(23)51;2*1-4-7(5-2)6-3/h2-10,14,20-21,25-28,33-34,47-50H,11-13H2,1H3,(H8-,37,38,40,41,42,43,51,52,53,54,55,56,57,58);2*4-6H2,1-3H3/b9-7+;;/t20-,21-,25-,26-,27-,28-,33-,34-;;/m1../s1. The van der Waals surface area contributed by atoms with Gasteiger partial charge in [-0.05, 0) is 79.6 Å². The van der Waals surface area contributed by atoms with Crippen molar-refractivity contribution in [3.63, 3.8) is 0 Å². The Labute approximate surface area is 464 Å². The van der Waals surface area contributed by atoms with E-state index in [9.17, 15) is 58.4 Å². The van der Waals surface area contributed by atoms with Gasteiger partial charge in [0.15, 0.2) is 17.4 Å². The molecule has 30 nitrogen and oxygen atoms in total. The molecule has 3 unspecified atom stereocenters. The van der Waals surface area contributed by atoms with Crippen LogP contribution in [0.15, 0.2) is 58.4 Å². The molecule has 2 fully saturated rings. The quantitative estimate of drug-likeness (QED) is 0.0379. The third-order valence-electron chi connectivity index (χ3n) is 13.8. The summed E-state index contributed by atoms with van der Waals surface area (Å²) in [6.45, 7) is 17.9. The Hall–Kier alpha value is -5.43. The Morgan fingerprint density at radius 1 is 0.753 bits per heavy atom. The van der Waals surface area contributed by atoms with Crippen molar-refractivity contribution >= 4 is 69.8 Å². The fourth-order valence-electron chi connectivity index (χ4n) is 9.51. The lowest BCUT2D eigenvalue weighted by molar-refractivity contribution is -0.747. The first-order valence-corrected chi connectivity index (χ1v) is 30.3. The number of aromatic amines is 2. The number of aryl methyl sites for hydroxylation is 1. The number of H-pyrrole nitrogens is 2. The number of anilines is 2. The summed E-state index contributed by atoms with van der Waals surface area (Å²) in [5, 5.41) is 43.5. The molecule has 12 N–H and O–H groups in total. The van der Waals surface area contributed by atoms with Crippen molar-refractivity contribution < 1.29 is 80.5 Å². The van der Waals surface area contributed by atoms with Crippen molar-refractivity contribution in [1.82, 2.24) is 43.9 Å². The highest BCUT2D eigenvalue weighted by Crippen LogP contribution is 2.66. The maximum Gasteiger partial charge on any atom is 0.487 e. The number of hydrogen-bond acceptors (Lipinski definition) is 23. The largest absolute Gasteiger partial charge is 0.756 e. The Kier molecular flexibility index (Phi) is 20.6. The first-order chi connectivity index (χ1) is 38.3. The number of hydrogen-bond donors (Lipinski definition) is 10. The Balaban J connectivity index is 0.000000600. The lowest BCUT2D eigenvalue weighted by atomic mass is 10.0. The molecule has 2 aromatic carbocycles. The van der Waals surface area contributed by atoms with E-state index in [2.05, 4.69) is 100.0 Å². The highest BCUT2D eigenvalue weighted by atomic mass is 31.3. The van der Waals surface area contributed by atoms with Crippen LogP contribution in [0, 0.1) is 0 Å². The number of benzene rings is 2. The molecule has 9 rings (SSSR count). The molecule has 81 heavy (non-hydrogen) atoms. The van der Waals surface area contributed by atoms with Gasteiger partial charge in [0.05, 0.1) is 26.6 Å². The molecule has 33 heteroatoms. The first-order valence-electron chi connectivity index (χ1n) is 25.9. The van der Waals surface area contributed by atoms with Crippen molar-refractivity contribution in [3.8, 4) is 11.1 Å². The molecule has 2 saturated heterocycles. The van der Waals surface area contributed by atoms with E-state index >= 15 is 0 Å². The molecular formula is C48H69N12O18P3. The van der Waals surface area contributed by atoms with Gasteiger partial charge in [0.2, 0.25) is 23.5 Å². The summed E-state index contributed by atoms with van der Waals surface area (Å²) in [4.78, 5) is 79.8. The number of nitrogen functional groups attached to an aromatic ring is 2. The first kappa shape index (κ1) is 63.2. The molecule has 1 aliphatic carbocycles. The number of phosphoric ester groups is 2. The van der Waals surface area contributed by atoms with Gasteiger partial charge in [-0.25, -0.2) is 18.4 Å². The van der Waals surface area contributed by atoms with E-state index in [0.717, 1.165) is 33.1 Å². The number of ether oxygens (including phenoxy) is 2. The SMILES string of the molecule is CCN(CC)CC.CCN(CC)CC.Cn1c(/C=C/c2ccc3c(c2)Cc2ccccc2-3)[n+]([C@@H]2O[C@H](COP(=O)([O-])OP(=O)(O)OP(=O)(O)OC[C@H]3O[C@@H](n4cnc5c(=O)[nH]c(N)nc54)[C@H](O)[C@@H]3O)[C@@H](O)[C@H]2O)c2nc(N)[nH]c(=O)c21. The van der Waals surface area contributed by atoms with Gasteiger partial charge in [-0.2, -0.15) is 13.9 Å². The zero-order valence-corrected chi connectivity index (χ0v) is 48.1. The van der Waals surface area contributed by atoms with Gasteiger partial charge in [-0.1, -0.05) is 89.0 Å². The number of nitrogens with two attached hydrogens (primary N) is 2. The molecular weight excluding hydrogens is 1130 g/mol. The summed E-state index contributed by atoms with van der Waals surface area (Å²) in [7, 11) is -16.4. The van der Waals surface area contributed by atoms with Crippen LogP contribution in [0.25, 0.3) is 45.6 Å². The molecule has 2 aliphatic heterocycles. The fourth-order valence-corrected chi connectivity index (χ4v) is 13.0. The van der Waals surface area contributed by atoms with Crippen LogP contribution in [0.5, 0.6) is 0 Å². The van der Waals surface area contributed by atoms with Gasteiger partial charge in [-0.15, -0.1) is 0 Å². The van der Waals surface area contributed by atoms with E-state index in [1.807, 2.05) is 36.4 Å². The van der Waals surface area contributed by atoms with Crippen molar-refractivity contribution in [1.29, 1.82) is 0 Å². The Bertz CT molecular complexity index is 3460. The fraction of sp³-hybridized carbons (Fsp3) is 0.500. The topological polar surface area (TPSA) is 428 Å². The van der Waals surface area contributed by atoms with Crippen LogP contribution in [-0.2, 0) is 54.3 Å². The number of nitrogens with one attached hydrogen (secondary N) is 2. The summed E-state index contributed by atoms with van der Waals surface area (Å²) in [5.41, 5.74) is 14.8. The minimum Gasteiger partial charge on any atom is -0.756 e. The maximum absolute atomic E-state index is 13.1. The molecule has 4 aromatic heterocycles. The van der Waals surface area contributed by atoms with Crippen molar-refractivity contribution in [2.75, 3.05) is 63.9 Å². The van der Waals surface area contributed by atoms with Gasteiger partial charge in [-0.3, -0.25) is 37.8 Å². The molecule has 11 atom stereocenters. The number of phosphoric acid groups is 3. The number of rotatable bonds is 20. The molecule has 6 heterocycles. The Morgan fingerprint density at radius 3 is 1.98 bits per heavy atom. The summed E-state index contributed by atoms with van der Waals surface area (Å²) in [5.74, 6) is -0.427. The third kappa shape index (κ3) is 14.5. The minimum absolute atomic E-state index is 0.0242. The van der Waals surface area contributed by atoms with Crippen LogP contribution in [0.3, 0.4) is 0 Å². The molecule has 3 aliphatic rings. The second kappa shape index (κ2) is 26.4. The van der Waals surface area contributed by atoms with E-state index < -0.39 is 96.9 Å². The van der Waals surface area contributed by atoms with Crippen molar-refractivity contribution in [3.05, 3.63) is 92.0 Å². The van der Waals surface area contributed by atoms with E-state index in [-0.39, 0.29) is 40.0 Å². The third-order valence-corrected chi connectivity index (χ3v) is 18.1. The van der Waals surface area contributed by atoms with Crippen LogP contribution in [0.1, 0.15) is 76.5 Å². The van der Waals surface area contributed by atoms with Gasteiger partial charge < -0.3 is 70.4 Å². The van der Waals surface area contributed by atoms with Crippen LogP contribution in [0.4, 0.5) is 11.9 Å². The number of aromatic nitrogens is 8. The zero-order chi connectivity index (χ0) is 59.3. The van der Waals surface area contributed by atoms with Gasteiger partial charge >= 0.3 is 21.3 Å². The Morgan fingerprint density at radius 2 is 1.33 bits per heavy atom. The monoisotopic (exact) mass is 1190 g/mol. The van der Waals surface area contributed by atoms with Crippen molar-refractivity contribution in [2.24, 2.45) is 7.05 Å². The van der Waals surface area contributed by atoms with Gasteiger partial charge in [0.1, 0.15) is 36.6 Å². The minimum atomic E-state index is -6.13. The number of fused-ring (bicyclic) bond motifs is 5. The molecule has 0 saturated carbocycles. The second-order valence-electron chi connectivity index (χ2n) is 18.7. The van der Waals surface area contributed by atoms with E-state index in [1.54, 1.807) is 12.2 Å². The van der Waals surface area contributed by atoms with Crippen LogP contribution >= 0.6 is 23.5 Å². The smallest absolute Gasteiger partial charge is 0.487 e. The van der Waals surface area contributed by atoms with Gasteiger partial charge in [0.25, 0.3) is 24.9 Å². The predicted octanol–water partition coefficient (Wildman–Crippen LogP) is 1.26. The van der Waals surface area contributed by atoms with E-state index in [1.165, 1.54) is 61.0 Å². The number of aliphatic hydroxyl groups excluding tert-OH is 4. The number of imidazole rings is 2. The van der Waals surface area contributed by atoms with E-state index in [0.29, 0.717) is 6.42 Å². The van der Waals surface area contributed by atoms with Crippen LogP contribution < -0.4 is 32.0 Å². The molecule has 444 valence electrons. The van der Waals surface area contributed by atoms with Crippen LogP contribution in [0.2, 0.25) is 0 Å². The number of nitrogens with zero attached hydrogens (tertiary/aromatic N) is 8. The highest BCUT2D eigenvalue weighted by Gasteiger charge is 2.50. The average Bonchev–Trinajstić information content (AvgIpc) is 4.41. The summed E-state index contributed by atoms with van der Waals surface area (Å²) in [6, 6.07) is 13.9. The van der Waals surface area contributed by atoms with Gasteiger partial charge in [0, 0.05) is 6.08 Å². The molecule has 6 aromatic rings. The summed E-state index contributed by atoms with van der Waals surface area (Å²) >= 11 is 0. The molecule has 0 amide bonds. The summed E-state index contributed by atoms with van der Waals surface area (Å²) < 4.78 is 70.7. The zero-order valence-electron chi connectivity index (χ0n) is 45.4. The lowest BCUT2D eigenvalue weighted by Gasteiger charge is -2.26.